The Morgan fingerprint density at radius 2 is 1.67 bits per heavy atom. The molecule has 2 heterocycles. The van der Waals surface area contributed by atoms with E-state index in [2.05, 4.69) is 20.0 Å². The van der Waals surface area contributed by atoms with E-state index in [1.807, 2.05) is 60.7 Å². The number of fused-ring (bicyclic) bond motifs is 1. The lowest BCUT2D eigenvalue weighted by molar-refractivity contribution is 0.306. The van der Waals surface area contributed by atoms with Gasteiger partial charge in [0.05, 0.1) is 0 Å². The molecule has 4 rings (SSSR count). The van der Waals surface area contributed by atoms with Crippen LogP contribution < -0.4 is 9.46 Å². The molecule has 8 nitrogen and oxygen atoms in total. The number of rotatable bonds is 8. The fourth-order valence-corrected chi connectivity index (χ4v) is 3.54. The maximum absolute atomic E-state index is 12.1. The number of sulfonamides is 1. The van der Waals surface area contributed by atoms with Gasteiger partial charge in [-0.15, -0.1) is 15.3 Å². The molecule has 0 aliphatic carbocycles. The largest absolute Gasteiger partial charge is 0.475 e. The quantitative estimate of drug-likeness (QED) is 0.439. The van der Waals surface area contributed by atoms with Gasteiger partial charge >= 0.3 is 0 Å². The molecule has 0 saturated carbocycles. The van der Waals surface area contributed by atoms with Crippen LogP contribution in [0.15, 0.2) is 78.2 Å². The molecule has 0 saturated heterocycles. The molecule has 0 aliphatic heterocycles. The van der Waals surface area contributed by atoms with Crippen molar-refractivity contribution in [3.8, 4) is 17.3 Å². The van der Waals surface area contributed by atoms with E-state index in [-0.39, 0.29) is 13.2 Å². The van der Waals surface area contributed by atoms with Crippen molar-refractivity contribution in [3.05, 3.63) is 83.8 Å². The Hall–Kier alpha value is -3.56. The normalized spacial score (nSPS) is 11.9. The van der Waals surface area contributed by atoms with E-state index < -0.39 is 10.0 Å². The zero-order chi connectivity index (χ0) is 20.8. The van der Waals surface area contributed by atoms with Crippen LogP contribution in [0.3, 0.4) is 0 Å². The molecule has 0 spiro atoms. The fourth-order valence-electron chi connectivity index (χ4n) is 2.74. The van der Waals surface area contributed by atoms with E-state index in [0.717, 1.165) is 16.5 Å². The Balaban J connectivity index is 1.36. The van der Waals surface area contributed by atoms with E-state index in [0.29, 0.717) is 17.4 Å². The SMILES string of the molecule is O=S(=O)(/C=C/c1ccccc1)NCCOc1ccc2nnc(-c3ccccc3)n2n1. The van der Waals surface area contributed by atoms with Gasteiger partial charge in [0, 0.05) is 23.6 Å². The van der Waals surface area contributed by atoms with E-state index in [1.165, 1.54) is 6.08 Å². The van der Waals surface area contributed by atoms with Crippen LogP contribution in [0.5, 0.6) is 5.88 Å². The summed E-state index contributed by atoms with van der Waals surface area (Å²) in [7, 11) is -3.56. The van der Waals surface area contributed by atoms with Crippen molar-refractivity contribution in [3.63, 3.8) is 0 Å². The topological polar surface area (TPSA) is 98.5 Å². The molecule has 0 radical (unpaired) electrons. The molecular formula is C21H19N5O3S. The highest BCUT2D eigenvalue weighted by molar-refractivity contribution is 7.92. The van der Waals surface area contributed by atoms with E-state index in [9.17, 15) is 8.42 Å². The summed E-state index contributed by atoms with van der Waals surface area (Å²) < 4.78 is 33.8. The van der Waals surface area contributed by atoms with Crippen LogP contribution in [-0.2, 0) is 10.0 Å². The van der Waals surface area contributed by atoms with Gasteiger partial charge in [-0.25, -0.2) is 13.1 Å². The number of benzene rings is 2. The molecule has 0 amide bonds. The maximum atomic E-state index is 12.1. The average Bonchev–Trinajstić information content (AvgIpc) is 3.20. The van der Waals surface area contributed by atoms with Gasteiger partial charge in [-0.2, -0.15) is 4.52 Å². The molecule has 2 aromatic heterocycles. The predicted octanol–water partition coefficient (Wildman–Crippen LogP) is 2.76. The van der Waals surface area contributed by atoms with Crippen molar-refractivity contribution in [1.29, 1.82) is 0 Å². The molecule has 1 N–H and O–H groups in total. The number of ether oxygens (including phenoxy) is 1. The standard InChI is InChI=1S/C21H19N5O3S/c27-30(28,16-13-17-7-3-1-4-8-17)22-14-15-29-20-12-11-19-23-24-21(26(19)25-20)18-9-5-2-6-10-18/h1-13,16,22H,14-15H2/b16-13+. The van der Waals surface area contributed by atoms with Crippen LogP contribution in [0.1, 0.15) is 5.56 Å². The monoisotopic (exact) mass is 421 g/mol. The molecular weight excluding hydrogens is 402 g/mol. The maximum Gasteiger partial charge on any atom is 0.233 e. The minimum atomic E-state index is -3.56. The number of nitrogens with one attached hydrogen (secondary N) is 1. The highest BCUT2D eigenvalue weighted by atomic mass is 32.2. The number of hydrogen-bond acceptors (Lipinski definition) is 6. The first kappa shape index (κ1) is 19.7. The fraction of sp³-hybridized carbons (Fsp3) is 0.0952. The highest BCUT2D eigenvalue weighted by Crippen LogP contribution is 2.18. The summed E-state index contributed by atoms with van der Waals surface area (Å²) in [6.07, 6.45) is 1.54. The summed E-state index contributed by atoms with van der Waals surface area (Å²) in [5, 5.41) is 13.8. The number of aromatic nitrogens is 4. The molecule has 0 atom stereocenters. The van der Waals surface area contributed by atoms with Crippen LogP contribution in [0, 0.1) is 0 Å². The first-order chi connectivity index (χ1) is 14.6. The Bertz CT molecular complexity index is 1260. The second-order valence-corrected chi connectivity index (χ2v) is 7.98. The van der Waals surface area contributed by atoms with Gasteiger partial charge in [-0.3, -0.25) is 0 Å². The van der Waals surface area contributed by atoms with Gasteiger partial charge < -0.3 is 4.74 Å². The zero-order valence-electron chi connectivity index (χ0n) is 15.9. The second-order valence-electron chi connectivity index (χ2n) is 6.33. The lowest BCUT2D eigenvalue weighted by atomic mass is 10.2. The Morgan fingerprint density at radius 1 is 0.933 bits per heavy atom. The lowest BCUT2D eigenvalue weighted by Crippen LogP contribution is -2.26. The van der Waals surface area contributed by atoms with Crippen LogP contribution in [0.25, 0.3) is 23.1 Å². The third-order valence-electron chi connectivity index (χ3n) is 4.16. The smallest absolute Gasteiger partial charge is 0.233 e. The van der Waals surface area contributed by atoms with Gasteiger partial charge in [-0.05, 0) is 17.7 Å². The highest BCUT2D eigenvalue weighted by Gasteiger charge is 2.10. The number of hydrogen-bond donors (Lipinski definition) is 1. The van der Waals surface area contributed by atoms with Gasteiger partial charge in [0.1, 0.15) is 6.61 Å². The molecule has 9 heteroatoms. The summed E-state index contributed by atoms with van der Waals surface area (Å²) in [4.78, 5) is 0. The van der Waals surface area contributed by atoms with Gasteiger partial charge in [0.25, 0.3) is 0 Å². The Kier molecular flexibility index (Phi) is 5.82. The molecule has 30 heavy (non-hydrogen) atoms. The van der Waals surface area contributed by atoms with Crippen LogP contribution in [0.2, 0.25) is 0 Å². The molecule has 4 aromatic rings. The Labute approximate surface area is 173 Å². The Morgan fingerprint density at radius 3 is 2.43 bits per heavy atom. The van der Waals surface area contributed by atoms with Crippen molar-refractivity contribution in [1.82, 2.24) is 24.5 Å². The molecule has 152 valence electrons. The van der Waals surface area contributed by atoms with Crippen molar-refractivity contribution in [2.75, 3.05) is 13.2 Å². The van der Waals surface area contributed by atoms with Crippen LogP contribution >= 0.6 is 0 Å². The third-order valence-corrected chi connectivity index (χ3v) is 5.27. The summed E-state index contributed by atoms with van der Waals surface area (Å²) in [5.41, 5.74) is 2.28. The van der Waals surface area contributed by atoms with Crippen LogP contribution in [-0.4, -0.2) is 41.4 Å². The molecule has 2 aromatic carbocycles. The van der Waals surface area contributed by atoms with Crippen molar-refractivity contribution in [2.24, 2.45) is 0 Å². The van der Waals surface area contributed by atoms with Crippen molar-refractivity contribution >= 4 is 21.7 Å². The molecule has 0 unspecified atom stereocenters. The molecule has 0 aliphatic rings. The summed E-state index contributed by atoms with van der Waals surface area (Å²) in [6.45, 7) is 0.231. The van der Waals surface area contributed by atoms with Gasteiger partial charge in [-0.1, -0.05) is 60.7 Å². The van der Waals surface area contributed by atoms with E-state index in [1.54, 1.807) is 16.6 Å². The van der Waals surface area contributed by atoms with Crippen molar-refractivity contribution in [2.45, 2.75) is 0 Å². The molecule has 0 fully saturated rings. The van der Waals surface area contributed by atoms with E-state index >= 15 is 0 Å². The summed E-state index contributed by atoms with van der Waals surface area (Å²) in [6, 6.07) is 22.2. The van der Waals surface area contributed by atoms with E-state index in [4.69, 9.17) is 4.74 Å². The lowest BCUT2D eigenvalue weighted by Gasteiger charge is -2.07. The summed E-state index contributed by atoms with van der Waals surface area (Å²) in [5.74, 6) is 0.946. The van der Waals surface area contributed by atoms with Crippen LogP contribution in [0.4, 0.5) is 0 Å². The molecule has 0 bridgehead atoms. The number of nitrogens with zero attached hydrogens (tertiary/aromatic N) is 4. The first-order valence-corrected chi connectivity index (χ1v) is 10.8. The minimum absolute atomic E-state index is 0.106. The third kappa shape index (κ3) is 4.88. The predicted molar refractivity (Wildman–Crippen MR) is 114 cm³/mol. The van der Waals surface area contributed by atoms with Crippen molar-refractivity contribution < 1.29 is 13.2 Å². The van der Waals surface area contributed by atoms with Gasteiger partial charge in [0.2, 0.25) is 15.9 Å². The summed E-state index contributed by atoms with van der Waals surface area (Å²) >= 11 is 0. The minimum Gasteiger partial charge on any atom is -0.475 e. The second kappa shape index (κ2) is 8.85. The first-order valence-electron chi connectivity index (χ1n) is 9.24. The average molecular weight is 421 g/mol. The zero-order valence-corrected chi connectivity index (χ0v) is 16.7. The van der Waals surface area contributed by atoms with Gasteiger partial charge in [0.15, 0.2) is 11.5 Å².